The Morgan fingerprint density at radius 2 is 1.60 bits per heavy atom. The number of methoxy groups -OCH3 is 3. The van der Waals surface area contributed by atoms with Crippen molar-refractivity contribution in [1.29, 1.82) is 0 Å². The zero-order valence-electron chi connectivity index (χ0n) is 38.0. The molecule has 62 heavy (non-hydrogen) atoms. The Kier molecular flexibility index (Phi) is 20.4. The fourth-order valence-electron chi connectivity index (χ4n) is 9.19. The van der Waals surface area contributed by atoms with Gasteiger partial charge < -0.3 is 43.9 Å². The SMILES string of the molecule is CO[C@H]1C[C@@H]2CC[C@@H](C)[C@@](O)(O2)C(=O)C(=O)N2CCCC[C@H]2C(=O)O[C@H](CC[C@@H]2CC[C@@H](O)[C@H](OC)C2)CC(=O)C/C=C(\C)[C@@H](O)[C@@H](OC)C(=O)[C@H](C)CC/C=C/C=CC=C1C. The van der Waals surface area contributed by atoms with Crippen molar-refractivity contribution in [3.8, 4) is 0 Å². The molecule has 0 unspecified atom stereocenters. The van der Waals surface area contributed by atoms with E-state index in [1.54, 1.807) is 41.1 Å². The molecule has 1 aliphatic carbocycles. The molecule has 1 saturated carbocycles. The lowest BCUT2D eigenvalue weighted by atomic mass is 9.82. The van der Waals surface area contributed by atoms with Crippen LogP contribution in [0.1, 0.15) is 124 Å². The maximum atomic E-state index is 14.1. The summed E-state index contributed by atoms with van der Waals surface area (Å²) in [6.45, 7) is 7.11. The van der Waals surface area contributed by atoms with Gasteiger partial charge in [0.05, 0.1) is 24.4 Å². The Hall–Kier alpha value is -3.37. The van der Waals surface area contributed by atoms with E-state index in [0.29, 0.717) is 76.2 Å². The third kappa shape index (κ3) is 13.8. The largest absolute Gasteiger partial charge is 0.460 e. The predicted octanol–water partition coefficient (Wildman–Crippen LogP) is 5.44. The number of carbonyl (C=O) groups is 5. The van der Waals surface area contributed by atoms with Crippen molar-refractivity contribution >= 4 is 29.2 Å². The van der Waals surface area contributed by atoms with E-state index in [-0.39, 0.29) is 49.4 Å². The maximum absolute atomic E-state index is 14.1. The summed E-state index contributed by atoms with van der Waals surface area (Å²) in [5.41, 5.74) is 1.28. The highest BCUT2D eigenvalue weighted by Crippen LogP contribution is 2.37. The lowest BCUT2D eigenvalue weighted by Crippen LogP contribution is -2.60. The number of esters is 1. The second-order valence-electron chi connectivity index (χ2n) is 18.0. The number of amides is 1. The van der Waals surface area contributed by atoms with Crippen molar-refractivity contribution in [2.24, 2.45) is 17.8 Å². The van der Waals surface area contributed by atoms with Crippen LogP contribution >= 0.6 is 0 Å². The number of Topliss-reactive ketones (excluding diaryl/α,β-unsaturated/α-hetero) is 3. The lowest BCUT2D eigenvalue weighted by Gasteiger charge is -2.42. The first-order chi connectivity index (χ1) is 29.5. The summed E-state index contributed by atoms with van der Waals surface area (Å²) in [4.78, 5) is 70.5. The number of hydrogen-bond acceptors (Lipinski definition) is 13. The summed E-state index contributed by atoms with van der Waals surface area (Å²) in [6.07, 6.45) is 12.2. The monoisotopic (exact) mass is 872 g/mol. The van der Waals surface area contributed by atoms with Gasteiger partial charge in [0.1, 0.15) is 30.1 Å². The van der Waals surface area contributed by atoms with Gasteiger partial charge in [-0.15, -0.1) is 0 Å². The number of allylic oxidation sites excluding steroid dienone is 6. The zero-order chi connectivity index (χ0) is 45.6. The molecule has 3 fully saturated rings. The molecule has 3 heterocycles. The van der Waals surface area contributed by atoms with Crippen LogP contribution in [0.25, 0.3) is 0 Å². The summed E-state index contributed by atoms with van der Waals surface area (Å²) in [5, 5.41) is 33.4. The normalized spacial score (nSPS) is 37.5. The number of nitrogens with zero attached hydrogens (tertiary/aromatic N) is 1. The van der Waals surface area contributed by atoms with Crippen LogP contribution in [0, 0.1) is 17.8 Å². The molecule has 0 radical (unpaired) electrons. The Labute approximate surface area is 368 Å². The molecule has 2 saturated heterocycles. The minimum absolute atomic E-state index is 0.0965. The van der Waals surface area contributed by atoms with E-state index < -0.39 is 77.9 Å². The van der Waals surface area contributed by atoms with E-state index >= 15 is 0 Å². The number of ketones is 3. The van der Waals surface area contributed by atoms with Gasteiger partial charge >= 0.3 is 5.97 Å². The first-order valence-electron chi connectivity index (χ1n) is 22.7. The number of aliphatic hydroxyl groups is 3. The number of carbonyl (C=O) groups excluding carboxylic acids is 5. The van der Waals surface area contributed by atoms with Crippen molar-refractivity contribution in [2.75, 3.05) is 27.9 Å². The van der Waals surface area contributed by atoms with E-state index in [0.717, 1.165) is 12.0 Å². The Bertz CT molecular complexity index is 1650. The molecular formula is C48H73NO13. The van der Waals surface area contributed by atoms with Crippen LogP contribution in [-0.2, 0) is 47.7 Å². The lowest BCUT2D eigenvalue weighted by molar-refractivity contribution is -0.265. The molecule has 1 amide bonds. The molecule has 2 bridgehead atoms. The van der Waals surface area contributed by atoms with Crippen molar-refractivity contribution in [3.05, 3.63) is 47.6 Å². The summed E-state index contributed by atoms with van der Waals surface area (Å²) in [5.74, 6) is -6.79. The highest BCUT2D eigenvalue weighted by atomic mass is 16.6. The summed E-state index contributed by atoms with van der Waals surface area (Å²) in [6, 6.07) is -1.12. The minimum Gasteiger partial charge on any atom is -0.460 e. The minimum atomic E-state index is -2.42. The van der Waals surface area contributed by atoms with Gasteiger partial charge in [0.15, 0.2) is 5.78 Å². The molecular weight excluding hydrogens is 799 g/mol. The summed E-state index contributed by atoms with van der Waals surface area (Å²) >= 11 is 0. The number of rotatable bonds is 6. The van der Waals surface area contributed by atoms with E-state index in [1.807, 2.05) is 37.3 Å². The van der Waals surface area contributed by atoms with E-state index in [2.05, 4.69) is 0 Å². The molecule has 0 aromatic rings. The van der Waals surface area contributed by atoms with E-state index in [4.69, 9.17) is 23.7 Å². The number of aliphatic hydroxyl groups excluding tert-OH is 2. The van der Waals surface area contributed by atoms with Gasteiger partial charge in [-0.3, -0.25) is 19.2 Å². The smallest absolute Gasteiger partial charge is 0.329 e. The van der Waals surface area contributed by atoms with Gasteiger partial charge in [0.25, 0.3) is 11.7 Å². The number of cyclic esters (lactones) is 1. The van der Waals surface area contributed by atoms with Crippen LogP contribution < -0.4 is 0 Å². The molecule has 14 nitrogen and oxygen atoms in total. The molecule has 3 aliphatic heterocycles. The topological polar surface area (TPSA) is 195 Å². The first-order valence-corrected chi connectivity index (χ1v) is 22.7. The fraction of sp³-hybridized carbons (Fsp3) is 0.729. The number of hydrogen-bond donors (Lipinski definition) is 3. The Morgan fingerprint density at radius 1 is 0.839 bits per heavy atom. The molecule has 4 aliphatic rings. The van der Waals surface area contributed by atoms with Crippen molar-refractivity contribution in [3.63, 3.8) is 0 Å². The fourth-order valence-corrected chi connectivity index (χ4v) is 9.19. The predicted molar refractivity (Wildman–Crippen MR) is 231 cm³/mol. The van der Waals surface area contributed by atoms with Crippen LogP contribution in [0.15, 0.2) is 47.6 Å². The standard InChI is InChI=1S/C48H73NO13/c1-30-15-11-9-8-10-12-16-31(2)42(52)44(60-7)43(53)32(3)18-22-35(50)28-36(24-20-34-21-25-39(51)41(27-34)59-6)61-47(56)38-17-13-14-26-49(38)46(55)45(54)48(57)33(4)19-23-37(62-48)29-40(30)58-5/h8-11,15,18,31,33-34,36-41,43-44,51,53,57H,12-14,16-17,19-29H2,1-7H3/b10-8+,11-9?,30-15?,32-18+/t31-,33-,34-,36-,37+,38+,39-,40+,41-,43-,44+,48-/m1/s1. The number of fused-ring (bicyclic) bond motifs is 3. The van der Waals surface area contributed by atoms with Gasteiger partial charge in [-0.2, -0.15) is 0 Å². The molecule has 12 atom stereocenters. The van der Waals surface area contributed by atoms with Crippen LogP contribution in [0.4, 0.5) is 0 Å². The maximum Gasteiger partial charge on any atom is 0.329 e. The van der Waals surface area contributed by atoms with Gasteiger partial charge in [-0.25, -0.2) is 4.79 Å². The van der Waals surface area contributed by atoms with Crippen LogP contribution in [0.2, 0.25) is 0 Å². The van der Waals surface area contributed by atoms with E-state index in [1.165, 1.54) is 12.0 Å². The quantitative estimate of drug-likeness (QED) is 0.174. The van der Waals surface area contributed by atoms with Gasteiger partial charge in [-0.1, -0.05) is 50.3 Å². The highest BCUT2D eigenvalue weighted by Gasteiger charge is 2.53. The molecule has 4 rings (SSSR count). The number of piperidine rings is 1. The first kappa shape index (κ1) is 51.3. The number of ether oxygens (including phenoxy) is 5. The average Bonchev–Trinajstić information content (AvgIpc) is 3.26. The van der Waals surface area contributed by atoms with Gasteiger partial charge in [-0.05, 0) is 108 Å². The zero-order valence-corrected chi connectivity index (χ0v) is 38.0. The van der Waals surface area contributed by atoms with Crippen LogP contribution in [0.3, 0.4) is 0 Å². The summed E-state index contributed by atoms with van der Waals surface area (Å²) < 4.78 is 29.0. The third-order valence-electron chi connectivity index (χ3n) is 13.5. The molecule has 14 heteroatoms. The second-order valence-corrected chi connectivity index (χ2v) is 18.0. The van der Waals surface area contributed by atoms with Gasteiger partial charge in [0.2, 0.25) is 5.79 Å². The van der Waals surface area contributed by atoms with Crippen molar-refractivity contribution < 1.29 is 63.0 Å². The van der Waals surface area contributed by atoms with Crippen molar-refractivity contribution in [1.82, 2.24) is 4.90 Å². The van der Waals surface area contributed by atoms with Crippen LogP contribution in [0.5, 0.6) is 0 Å². The van der Waals surface area contributed by atoms with Crippen molar-refractivity contribution in [2.45, 2.75) is 179 Å². The molecule has 0 spiro atoms. The Morgan fingerprint density at radius 3 is 2.31 bits per heavy atom. The summed E-state index contributed by atoms with van der Waals surface area (Å²) in [7, 11) is 4.50. The molecule has 0 aromatic heterocycles. The second kappa shape index (κ2) is 24.6. The molecule has 0 aromatic carbocycles. The van der Waals surface area contributed by atoms with E-state index in [9.17, 15) is 39.3 Å². The third-order valence-corrected chi connectivity index (χ3v) is 13.5. The molecule has 3 N–H and O–H groups in total. The van der Waals surface area contributed by atoms with Crippen LogP contribution in [-0.4, -0.2) is 132 Å². The highest BCUT2D eigenvalue weighted by molar-refractivity contribution is 6.39. The van der Waals surface area contributed by atoms with Gasteiger partial charge in [0, 0.05) is 59.0 Å². The average molecular weight is 872 g/mol. The molecule has 348 valence electrons. The Balaban J connectivity index is 1.63.